The summed E-state index contributed by atoms with van der Waals surface area (Å²) in [5.74, 6) is -0.944. The van der Waals surface area contributed by atoms with Crippen molar-refractivity contribution in [1.29, 1.82) is 0 Å². The van der Waals surface area contributed by atoms with Crippen LogP contribution in [0.15, 0.2) is 0 Å². The molecule has 1 saturated heterocycles. The van der Waals surface area contributed by atoms with Crippen LogP contribution in [0.25, 0.3) is 0 Å². The Kier molecular flexibility index (Phi) is 9.10. The van der Waals surface area contributed by atoms with Crippen molar-refractivity contribution in [2.24, 2.45) is 27.4 Å². The minimum atomic E-state index is -0.729. The first-order valence-electron chi connectivity index (χ1n) is 11.0. The normalized spacial score (nSPS) is 23.1. The summed E-state index contributed by atoms with van der Waals surface area (Å²) in [7, 11) is 0. The molecule has 1 rings (SSSR count). The highest BCUT2D eigenvalue weighted by Crippen LogP contribution is 2.40. The van der Waals surface area contributed by atoms with E-state index in [-0.39, 0.29) is 30.5 Å². The molecule has 2 unspecified atom stereocenters. The quantitative estimate of drug-likeness (QED) is 0.466. The summed E-state index contributed by atoms with van der Waals surface area (Å²) in [5.41, 5.74) is 2.70. The number of rotatable bonds is 6. The van der Waals surface area contributed by atoms with Crippen LogP contribution in [0.4, 0.5) is 0 Å². The number of carbonyl (C=O) groups is 4. The molecule has 1 fully saturated rings. The maximum absolute atomic E-state index is 12.1. The van der Waals surface area contributed by atoms with Crippen LogP contribution < -0.4 is 11.1 Å². The minimum Gasteiger partial charge on any atom is -0.460 e. The van der Waals surface area contributed by atoms with Crippen molar-refractivity contribution < 1.29 is 25.3 Å². The first-order chi connectivity index (χ1) is 13.7. The second-order valence-corrected chi connectivity index (χ2v) is 11.6. The van der Waals surface area contributed by atoms with E-state index in [1.807, 2.05) is 55.4 Å². The van der Waals surface area contributed by atoms with Crippen molar-refractivity contribution in [2.45, 2.75) is 107 Å². The van der Waals surface area contributed by atoms with Crippen molar-refractivity contribution in [2.75, 3.05) is 0 Å². The lowest BCUT2D eigenvalue weighted by molar-refractivity contribution is -0.168. The van der Waals surface area contributed by atoms with Gasteiger partial charge < -0.3 is 10.5 Å². The summed E-state index contributed by atoms with van der Waals surface area (Å²) >= 11 is 0. The predicted octanol–water partition coefficient (Wildman–Crippen LogP) is 4.37. The number of esters is 1. The van der Waals surface area contributed by atoms with Gasteiger partial charge in [-0.1, -0.05) is 41.5 Å². The van der Waals surface area contributed by atoms with Gasteiger partial charge >= 0.3 is 5.97 Å². The van der Waals surface area contributed by atoms with Crippen LogP contribution in [0.2, 0.25) is 0 Å². The summed E-state index contributed by atoms with van der Waals surface area (Å²) < 4.78 is 5.38. The molecule has 7 heteroatoms. The molecule has 3 amide bonds. The highest BCUT2D eigenvalue weighted by atomic mass is 16.6. The van der Waals surface area contributed by atoms with Crippen LogP contribution in [0.3, 0.4) is 0 Å². The molecule has 0 aliphatic carbocycles. The summed E-state index contributed by atoms with van der Waals surface area (Å²) in [6, 6.07) is 0. The van der Waals surface area contributed by atoms with Gasteiger partial charge in [-0.2, -0.15) is 0 Å². The molecule has 1 aliphatic heterocycles. The maximum Gasteiger partial charge on any atom is 0.312 e. The number of nitrogens with one attached hydrogen (secondary N) is 1. The number of carbonyl (C=O) groups excluding carboxylic acids is 4. The van der Waals surface area contributed by atoms with E-state index in [9.17, 15) is 19.2 Å². The predicted molar refractivity (Wildman–Crippen MR) is 124 cm³/mol. The average Bonchev–Trinajstić information content (AvgIpc) is 2.58. The van der Waals surface area contributed by atoms with E-state index in [2.05, 4.69) is 5.32 Å². The van der Waals surface area contributed by atoms with Crippen LogP contribution in [0.5, 0.6) is 0 Å². The number of piperidine rings is 1. The van der Waals surface area contributed by atoms with E-state index in [4.69, 9.17) is 10.5 Å². The molecular weight excluding hydrogens is 396 g/mol. The molecule has 0 aromatic carbocycles. The van der Waals surface area contributed by atoms with E-state index in [1.54, 1.807) is 20.8 Å². The number of amides is 3. The maximum atomic E-state index is 12.1. The third-order valence-corrected chi connectivity index (χ3v) is 6.16. The number of imide groups is 1. The summed E-state index contributed by atoms with van der Waals surface area (Å²) in [4.78, 5) is 46.5. The molecule has 1 heterocycles. The van der Waals surface area contributed by atoms with E-state index < -0.39 is 21.8 Å². The Bertz CT molecular complexity index is 712. The standard InChI is InChI=1S/C14H27NO3.C10H17NO2.H2/c1-8-14(7,10(15)16)9-13(5,6)11(17)18-12(2,3)4;1-5-10(4)6-9(2,3)7(12)11-8(10)13;/h8-9H2,1-7H3,(H2,15,16);5-6H2,1-4H3,(H,11,12,13);1H/i;;1+2. The van der Waals surface area contributed by atoms with Crippen LogP contribution in [-0.4, -0.2) is 29.3 Å². The number of hydrogen-bond acceptors (Lipinski definition) is 5. The Labute approximate surface area is 189 Å². The van der Waals surface area contributed by atoms with E-state index in [1.165, 1.54) is 0 Å². The number of nitrogens with two attached hydrogens (primary N) is 1. The lowest BCUT2D eigenvalue weighted by atomic mass is 9.68. The zero-order valence-electron chi connectivity index (χ0n) is 21.4. The number of primary amides is 1. The molecule has 0 aromatic rings. The highest BCUT2D eigenvalue weighted by Gasteiger charge is 2.46. The van der Waals surface area contributed by atoms with E-state index in [0.29, 0.717) is 19.3 Å². The Hall–Kier alpha value is -1.92. The van der Waals surface area contributed by atoms with Gasteiger partial charge in [0.15, 0.2) is 0 Å². The minimum absolute atomic E-state index is 0. The van der Waals surface area contributed by atoms with Gasteiger partial charge in [0.05, 0.1) is 5.41 Å². The molecule has 31 heavy (non-hydrogen) atoms. The lowest BCUT2D eigenvalue weighted by Crippen LogP contribution is -2.55. The van der Waals surface area contributed by atoms with E-state index >= 15 is 0 Å². The van der Waals surface area contributed by atoms with Gasteiger partial charge in [0.2, 0.25) is 17.7 Å². The molecule has 0 saturated carbocycles. The second-order valence-electron chi connectivity index (χ2n) is 11.6. The smallest absolute Gasteiger partial charge is 0.312 e. The molecule has 3 N–H and O–H groups in total. The lowest BCUT2D eigenvalue weighted by Gasteiger charge is -2.39. The summed E-state index contributed by atoms with van der Waals surface area (Å²) in [6.45, 7) is 20.4. The first-order valence-corrected chi connectivity index (χ1v) is 11.0. The fourth-order valence-electron chi connectivity index (χ4n) is 3.69. The zero-order chi connectivity index (χ0) is 25.1. The van der Waals surface area contributed by atoms with Crippen LogP contribution in [-0.2, 0) is 23.9 Å². The summed E-state index contributed by atoms with van der Waals surface area (Å²) in [6.07, 6.45) is 2.41. The molecule has 0 bridgehead atoms. The van der Waals surface area contributed by atoms with Crippen molar-refractivity contribution >= 4 is 23.7 Å². The molecule has 0 aromatic heterocycles. The van der Waals surface area contributed by atoms with Gasteiger partial charge in [-0.3, -0.25) is 24.5 Å². The van der Waals surface area contributed by atoms with Crippen LogP contribution in [0.1, 0.15) is 103 Å². The van der Waals surface area contributed by atoms with Gasteiger partial charge in [-0.05, 0) is 60.3 Å². The number of ether oxygens (including phenoxy) is 1. The summed E-state index contributed by atoms with van der Waals surface area (Å²) in [5, 5.41) is 2.43. The SMILES string of the molecule is CCC(C)(CC(C)(C)C(=O)OC(C)(C)C)C(N)=O.CCC1(C)CC(C)(C)C(=O)NC1=O.[3HH]. The Morgan fingerprint density at radius 2 is 1.52 bits per heavy atom. The topological polar surface area (TPSA) is 116 Å². The third-order valence-electron chi connectivity index (χ3n) is 6.16. The zero-order valence-corrected chi connectivity index (χ0v) is 21.4. The second kappa shape index (κ2) is 9.70. The van der Waals surface area contributed by atoms with Crippen molar-refractivity contribution in [3.05, 3.63) is 0 Å². The van der Waals surface area contributed by atoms with Crippen molar-refractivity contribution in [1.82, 2.24) is 5.32 Å². The molecule has 2 atom stereocenters. The number of hydrogen-bond donors (Lipinski definition) is 2. The van der Waals surface area contributed by atoms with Gasteiger partial charge in [-0.15, -0.1) is 0 Å². The monoisotopic (exact) mass is 444 g/mol. The fourth-order valence-corrected chi connectivity index (χ4v) is 3.69. The molecule has 182 valence electrons. The third kappa shape index (κ3) is 7.93. The van der Waals surface area contributed by atoms with Gasteiger partial charge in [-0.25, -0.2) is 0 Å². The Balaban J connectivity index is 0. The fraction of sp³-hybridized carbons (Fsp3) is 0.833. The van der Waals surface area contributed by atoms with Gasteiger partial charge in [0, 0.05) is 17.7 Å². The molecule has 1 aliphatic rings. The molecular formula is C24H46N2O5. The van der Waals surface area contributed by atoms with Crippen molar-refractivity contribution in [3.8, 4) is 0 Å². The largest absolute Gasteiger partial charge is 0.460 e. The van der Waals surface area contributed by atoms with Gasteiger partial charge in [0.1, 0.15) is 5.60 Å². The Morgan fingerprint density at radius 3 is 1.87 bits per heavy atom. The first kappa shape index (κ1) is 29.1. The average molecular weight is 445 g/mol. The van der Waals surface area contributed by atoms with Gasteiger partial charge in [0.25, 0.3) is 0 Å². The van der Waals surface area contributed by atoms with Crippen molar-refractivity contribution in [3.63, 3.8) is 0 Å². The highest BCUT2D eigenvalue weighted by molar-refractivity contribution is 6.02. The molecule has 0 spiro atoms. The van der Waals surface area contributed by atoms with Crippen LogP contribution in [0, 0.1) is 21.7 Å². The van der Waals surface area contributed by atoms with E-state index in [0.717, 1.165) is 6.42 Å². The molecule has 7 nitrogen and oxygen atoms in total. The van der Waals surface area contributed by atoms with Crippen LogP contribution >= 0.6 is 0 Å². The molecule has 0 radical (unpaired) electrons. The Morgan fingerprint density at radius 1 is 1.03 bits per heavy atom.